The van der Waals surface area contributed by atoms with Crippen molar-refractivity contribution in [1.82, 2.24) is 29.3 Å². The van der Waals surface area contributed by atoms with Crippen molar-refractivity contribution in [3.63, 3.8) is 0 Å². The fourth-order valence-corrected chi connectivity index (χ4v) is 4.88. The van der Waals surface area contributed by atoms with Gasteiger partial charge in [-0.05, 0) is 62.1 Å². The van der Waals surface area contributed by atoms with Gasteiger partial charge in [0.2, 0.25) is 0 Å². The number of pyridine rings is 1. The van der Waals surface area contributed by atoms with Gasteiger partial charge < -0.3 is 18.8 Å². The zero-order valence-electron chi connectivity index (χ0n) is 19.0. The molecule has 0 bridgehead atoms. The van der Waals surface area contributed by atoms with Crippen LogP contribution in [0.5, 0.6) is 5.75 Å². The first kappa shape index (κ1) is 20.2. The van der Waals surface area contributed by atoms with Crippen LogP contribution in [-0.4, -0.2) is 56.8 Å². The van der Waals surface area contributed by atoms with Crippen LogP contribution in [0.15, 0.2) is 36.5 Å². The minimum Gasteiger partial charge on any atom is -0.494 e. The topological polar surface area (TPSA) is 77.2 Å². The summed E-state index contributed by atoms with van der Waals surface area (Å²) in [7, 11) is 3.65. The molecule has 1 N–H and O–H groups in total. The van der Waals surface area contributed by atoms with Crippen LogP contribution in [0, 0.1) is 5.92 Å². The Kier molecular flexibility index (Phi) is 4.83. The van der Waals surface area contributed by atoms with Crippen LogP contribution in [0.2, 0.25) is 0 Å². The largest absolute Gasteiger partial charge is 0.494 e. The van der Waals surface area contributed by atoms with E-state index in [1.807, 2.05) is 36.3 Å². The van der Waals surface area contributed by atoms with E-state index in [4.69, 9.17) is 9.72 Å². The lowest BCUT2D eigenvalue weighted by molar-refractivity contribution is 0.0712. The van der Waals surface area contributed by atoms with Crippen LogP contribution in [0.3, 0.4) is 0 Å². The van der Waals surface area contributed by atoms with Crippen molar-refractivity contribution < 1.29 is 9.53 Å². The van der Waals surface area contributed by atoms with Crippen molar-refractivity contribution in [3.05, 3.63) is 42.1 Å². The number of methoxy groups -OCH3 is 1. The molecular formula is C25H28N6O2. The van der Waals surface area contributed by atoms with Crippen molar-refractivity contribution in [1.29, 1.82) is 0 Å². The Balaban J connectivity index is 1.49. The molecule has 1 amide bonds. The third kappa shape index (κ3) is 3.45. The summed E-state index contributed by atoms with van der Waals surface area (Å²) in [6.45, 7) is 3.22. The first-order valence-electron chi connectivity index (χ1n) is 11.6. The second kappa shape index (κ2) is 7.88. The lowest BCUT2D eigenvalue weighted by Gasteiger charge is -2.27. The maximum absolute atomic E-state index is 13.2. The van der Waals surface area contributed by atoms with Crippen LogP contribution in [-0.2, 0) is 13.6 Å². The Morgan fingerprint density at radius 1 is 1.27 bits per heavy atom. The molecule has 170 valence electrons. The number of imidazole rings is 1. The van der Waals surface area contributed by atoms with E-state index < -0.39 is 0 Å². The van der Waals surface area contributed by atoms with Crippen LogP contribution >= 0.6 is 0 Å². The van der Waals surface area contributed by atoms with Gasteiger partial charge in [0.15, 0.2) is 5.82 Å². The van der Waals surface area contributed by atoms with E-state index in [0.717, 1.165) is 59.6 Å². The molecule has 8 heteroatoms. The molecule has 8 nitrogen and oxygen atoms in total. The molecule has 6 rings (SSSR count). The maximum Gasteiger partial charge on any atom is 0.255 e. The summed E-state index contributed by atoms with van der Waals surface area (Å²) in [5.74, 6) is 2.21. The Morgan fingerprint density at radius 3 is 2.91 bits per heavy atom. The molecule has 3 aromatic heterocycles. The molecule has 1 aromatic carbocycles. The number of benzene rings is 1. The first-order chi connectivity index (χ1) is 16.1. The maximum atomic E-state index is 13.2. The lowest BCUT2D eigenvalue weighted by atomic mass is 10.1. The summed E-state index contributed by atoms with van der Waals surface area (Å²) in [6, 6.07) is 9.97. The van der Waals surface area contributed by atoms with Crippen molar-refractivity contribution in [2.24, 2.45) is 13.0 Å². The van der Waals surface area contributed by atoms with Crippen molar-refractivity contribution in [3.8, 4) is 17.3 Å². The zero-order valence-corrected chi connectivity index (χ0v) is 19.0. The minimum atomic E-state index is 0.00153. The van der Waals surface area contributed by atoms with Crippen molar-refractivity contribution in [2.45, 2.75) is 25.8 Å². The number of hydrogen-bond acceptors (Lipinski definition) is 5. The van der Waals surface area contributed by atoms with Gasteiger partial charge >= 0.3 is 0 Å². The van der Waals surface area contributed by atoms with E-state index in [1.54, 1.807) is 7.11 Å². The number of carbonyl (C=O) groups excluding carboxylic acids is 1. The normalized spacial score (nSPS) is 16.6. The first-order valence-corrected chi connectivity index (χ1v) is 11.6. The van der Waals surface area contributed by atoms with Gasteiger partial charge in [0.25, 0.3) is 5.91 Å². The van der Waals surface area contributed by atoms with Crippen LogP contribution in [0.25, 0.3) is 33.6 Å². The van der Waals surface area contributed by atoms with Gasteiger partial charge in [-0.15, -0.1) is 0 Å². The average Bonchev–Trinajstić information content (AvgIpc) is 3.52. The van der Waals surface area contributed by atoms with Gasteiger partial charge in [-0.1, -0.05) is 0 Å². The number of aromatic nitrogens is 4. The highest BCUT2D eigenvalue weighted by atomic mass is 16.5. The highest BCUT2D eigenvalue weighted by Gasteiger charge is 2.27. The van der Waals surface area contributed by atoms with Gasteiger partial charge in [-0.3, -0.25) is 10.1 Å². The number of nitrogens with one attached hydrogen (secondary N) is 1. The van der Waals surface area contributed by atoms with Crippen LogP contribution in [0.1, 0.15) is 29.6 Å². The fourth-order valence-electron chi connectivity index (χ4n) is 4.88. The zero-order chi connectivity index (χ0) is 22.5. The predicted octanol–water partition coefficient (Wildman–Crippen LogP) is 3.40. The smallest absolute Gasteiger partial charge is 0.255 e. The standard InChI is InChI=1S/C25H28N6O2/c1-29-22-19(11-18(13-21(22)33-2)25(32)30-10-4-8-26-15-30)28-24(29)20-12-17-5-3-9-27-23(17)31(20)14-16-6-7-16/h3,5,9,11-13,16,26H,4,6-8,10,14-15H2,1-2H3. The SMILES string of the molecule is COc1cc(C(=O)N2CCCNC2)cc2nc(-c3cc4cccnc4n3CC3CC3)n(C)c12. The van der Waals surface area contributed by atoms with Gasteiger partial charge in [0.1, 0.15) is 16.9 Å². The lowest BCUT2D eigenvalue weighted by Crippen LogP contribution is -2.44. The van der Waals surface area contributed by atoms with E-state index in [1.165, 1.54) is 12.8 Å². The fraction of sp³-hybridized carbons (Fsp3) is 0.400. The molecule has 1 saturated carbocycles. The molecule has 1 saturated heterocycles. The minimum absolute atomic E-state index is 0.00153. The Labute approximate surface area is 192 Å². The number of rotatable bonds is 5. The van der Waals surface area contributed by atoms with Gasteiger partial charge in [-0.2, -0.15) is 0 Å². The number of amides is 1. The highest BCUT2D eigenvalue weighted by Crippen LogP contribution is 2.37. The molecule has 4 aromatic rings. The van der Waals surface area contributed by atoms with E-state index in [9.17, 15) is 4.79 Å². The van der Waals surface area contributed by atoms with E-state index in [2.05, 4.69) is 31.6 Å². The summed E-state index contributed by atoms with van der Waals surface area (Å²) in [5, 5.41) is 4.38. The summed E-state index contributed by atoms with van der Waals surface area (Å²) >= 11 is 0. The Bertz CT molecular complexity index is 1360. The van der Waals surface area contributed by atoms with Gasteiger partial charge in [0.05, 0.1) is 25.0 Å². The molecule has 2 aliphatic rings. The quantitative estimate of drug-likeness (QED) is 0.511. The van der Waals surface area contributed by atoms with Crippen LogP contribution in [0.4, 0.5) is 0 Å². The molecule has 4 heterocycles. The molecule has 1 aliphatic carbocycles. The van der Waals surface area contributed by atoms with Gasteiger partial charge in [0, 0.05) is 37.3 Å². The molecule has 0 atom stereocenters. The molecular weight excluding hydrogens is 416 g/mol. The summed E-state index contributed by atoms with van der Waals surface area (Å²) < 4.78 is 10.1. The molecule has 1 aliphatic heterocycles. The molecule has 33 heavy (non-hydrogen) atoms. The molecule has 2 fully saturated rings. The van der Waals surface area contributed by atoms with Crippen molar-refractivity contribution >= 4 is 28.0 Å². The van der Waals surface area contributed by atoms with E-state index in [0.29, 0.717) is 23.9 Å². The Morgan fingerprint density at radius 2 is 2.15 bits per heavy atom. The number of ether oxygens (including phenoxy) is 1. The number of carbonyl (C=O) groups is 1. The summed E-state index contributed by atoms with van der Waals surface area (Å²) in [4.78, 5) is 24.7. The number of nitrogens with zero attached hydrogens (tertiary/aromatic N) is 5. The summed E-state index contributed by atoms with van der Waals surface area (Å²) in [6.07, 6.45) is 5.33. The van der Waals surface area contributed by atoms with E-state index in [-0.39, 0.29) is 5.91 Å². The molecule has 0 spiro atoms. The second-order valence-electron chi connectivity index (χ2n) is 9.12. The average molecular weight is 445 g/mol. The van der Waals surface area contributed by atoms with E-state index >= 15 is 0 Å². The Hall–Kier alpha value is -3.39. The highest BCUT2D eigenvalue weighted by molar-refractivity contribution is 6.00. The molecule has 0 radical (unpaired) electrons. The monoisotopic (exact) mass is 444 g/mol. The molecule has 0 unspecified atom stereocenters. The van der Waals surface area contributed by atoms with Crippen LogP contribution < -0.4 is 10.1 Å². The predicted molar refractivity (Wildman–Crippen MR) is 127 cm³/mol. The third-order valence-corrected chi connectivity index (χ3v) is 6.79. The number of hydrogen-bond donors (Lipinski definition) is 1. The summed E-state index contributed by atoms with van der Waals surface area (Å²) in [5.41, 5.74) is 4.29. The van der Waals surface area contributed by atoms with Gasteiger partial charge in [-0.25, -0.2) is 9.97 Å². The van der Waals surface area contributed by atoms with Crippen molar-refractivity contribution in [2.75, 3.05) is 26.9 Å². The second-order valence-corrected chi connectivity index (χ2v) is 9.12. The number of fused-ring (bicyclic) bond motifs is 2. The number of aryl methyl sites for hydroxylation is 1. The third-order valence-electron chi connectivity index (χ3n) is 6.79.